The Morgan fingerprint density at radius 1 is 1.22 bits per heavy atom. The van der Waals surface area contributed by atoms with E-state index in [1.165, 1.54) is 12.8 Å². The van der Waals surface area contributed by atoms with Crippen LogP contribution in [-0.2, 0) is 9.59 Å². The Labute approximate surface area is 109 Å². The van der Waals surface area contributed by atoms with Gasteiger partial charge in [-0.2, -0.15) is 0 Å². The normalized spacial score (nSPS) is 15.7. The summed E-state index contributed by atoms with van der Waals surface area (Å²) in [6.45, 7) is 5.45. The van der Waals surface area contributed by atoms with Gasteiger partial charge in [-0.3, -0.25) is 9.59 Å². The van der Waals surface area contributed by atoms with Crippen molar-refractivity contribution in [2.24, 2.45) is 0 Å². The second-order valence-corrected chi connectivity index (χ2v) is 4.72. The van der Waals surface area contributed by atoms with Gasteiger partial charge >= 0.3 is 0 Å². The van der Waals surface area contributed by atoms with E-state index in [-0.39, 0.29) is 18.4 Å². The third-order valence-electron chi connectivity index (χ3n) is 3.34. The minimum Gasteiger partial charge on any atom is -0.355 e. The van der Waals surface area contributed by atoms with Crippen molar-refractivity contribution in [3.63, 3.8) is 0 Å². The Balaban J connectivity index is 2.29. The van der Waals surface area contributed by atoms with Crippen molar-refractivity contribution in [2.75, 3.05) is 26.2 Å². The summed E-state index contributed by atoms with van der Waals surface area (Å²) in [6, 6.07) is 0.483. The molecule has 1 fully saturated rings. The molecule has 0 aromatic carbocycles. The Bertz CT molecular complexity index is 275. The number of amides is 2. The maximum Gasteiger partial charge on any atom is 0.239 e. The highest BCUT2D eigenvalue weighted by molar-refractivity contribution is 5.85. The third-order valence-corrected chi connectivity index (χ3v) is 3.34. The van der Waals surface area contributed by atoms with E-state index in [1.54, 1.807) is 4.90 Å². The number of nitrogens with one attached hydrogen (secondary N) is 2. The zero-order valence-electron chi connectivity index (χ0n) is 11.5. The van der Waals surface area contributed by atoms with Crippen molar-refractivity contribution in [1.29, 1.82) is 0 Å². The first kappa shape index (κ1) is 15.0. The van der Waals surface area contributed by atoms with E-state index in [0.29, 0.717) is 25.7 Å². The Morgan fingerprint density at radius 3 is 2.44 bits per heavy atom. The summed E-state index contributed by atoms with van der Waals surface area (Å²) in [6.07, 6.45) is 4.83. The van der Waals surface area contributed by atoms with Crippen molar-refractivity contribution >= 4 is 11.8 Å². The fraction of sp³-hybridized carbons (Fsp3) is 0.846. The van der Waals surface area contributed by atoms with Crippen LogP contribution in [0.25, 0.3) is 0 Å². The molecule has 2 amide bonds. The number of likely N-dealkylation sites (N-methyl/N-ethyl adjacent to an activating group) is 2. The highest BCUT2D eigenvalue weighted by Crippen LogP contribution is 2.17. The zero-order valence-corrected chi connectivity index (χ0v) is 11.5. The van der Waals surface area contributed by atoms with Crippen molar-refractivity contribution < 1.29 is 9.59 Å². The molecule has 1 aliphatic carbocycles. The Kier molecular flexibility index (Phi) is 6.72. The Hall–Kier alpha value is -1.10. The monoisotopic (exact) mass is 255 g/mol. The molecule has 0 heterocycles. The number of carbonyl (C=O) groups is 2. The van der Waals surface area contributed by atoms with Crippen molar-refractivity contribution in [3.05, 3.63) is 0 Å². The minimum atomic E-state index is -0.0893. The third kappa shape index (κ3) is 5.04. The van der Waals surface area contributed by atoms with Gasteiger partial charge in [0.15, 0.2) is 0 Å². The first-order valence-corrected chi connectivity index (χ1v) is 6.95. The van der Waals surface area contributed by atoms with Gasteiger partial charge < -0.3 is 15.5 Å². The maximum absolute atomic E-state index is 12.0. The SMILES string of the molecule is CCNC(=O)CN(CC)C(=O)CNC1CCCC1. The minimum absolute atomic E-state index is 0.00986. The van der Waals surface area contributed by atoms with Gasteiger partial charge in [-0.15, -0.1) is 0 Å². The van der Waals surface area contributed by atoms with Crippen LogP contribution in [0.2, 0.25) is 0 Å². The first-order chi connectivity index (χ1) is 8.67. The van der Waals surface area contributed by atoms with E-state index in [1.807, 2.05) is 13.8 Å². The highest BCUT2D eigenvalue weighted by Gasteiger charge is 2.18. The van der Waals surface area contributed by atoms with Gasteiger partial charge in [-0.05, 0) is 26.7 Å². The van der Waals surface area contributed by atoms with E-state index in [9.17, 15) is 9.59 Å². The summed E-state index contributed by atoms with van der Waals surface area (Å²) < 4.78 is 0. The van der Waals surface area contributed by atoms with Crippen molar-refractivity contribution in [3.8, 4) is 0 Å². The van der Waals surface area contributed by atoms with Crippen molar-refractivity contribution in [1.82, 2.24) is 15.5 Å². The quantitative estimate of drug-likeness (QED) is 0.696. The lowest BCUT2D eigenvalue weighted by Gasteiger charge is -2.21. The van der Waals surface area contributed by atoms with Gasteiger partial charge in [0.2, 0.25) is 11.8 Å². The largest absolute Gasteiger partial charge is 0.355 e. The van der Waals surface area contributed by atoms with Crippen LogP contribution in [0.5, 0.6) is 0 Å². The molecule has 0 aliphatic heterocycles. The standard InChI is InChI=1S/C13H25N3O2/c1-3-14-12(17)10-16(4-2)13(18)9-15-11-7-5-6-8-11/h11,15H,3-10H2,1-2H3,(H,14,17). The van der Waals surface area contributed by atoms with Gasteiger partial charge in [0, 0.05) is 19.1 Å². The van der Waals surface area contributed by atoms with Gasteiger partial charge in [0.1, 0.15) is 0 Å². The fourth-order valence-corrected chi connectivity index (χ4v) is 2.28. The molecule has 5 heteroatoms. The van der Waals surface area contributed by atoms with Crippen LogP contribution in [0.3, 0.4) is 0 Å². The molecule has 0 saturated heterocycles. The lowest BCUT2D eigenvalue weighted by molar-refractivity contribution is -0.135. The molecular formula is C13H25N3O2. The van der Waals surface area contributed by atoms with E-state index >= 15 is 0 Å². The molecule has 5 nitrogen and oxygen atoms in total. The lowest BCUT2D eigenvalue weighted by atomic mass is 10.2. The van der Waals surface area contributed by atoms with Crippen LogP contribution in [0.4, 0.5) is 0 Å². The molecule has 1 rings (SSSR count). The molecule has 1 aliphatic rings. The number of carbonyl (C=O) groups excluding carboxylic acids is 2. The molecule has 0 radical (unpaired) electrons. The molecular weight excluding hydrogens is 230 g/mol. The summed E-state index contributed by atoms with van der Waals surface area (Å²) in [4.78, 5) is 25.0. The number of hydrogen-bond acceptors (Lipinski definition) is 3. The number of nitrogens with zero attached hydrogens (tertiary/aromatic N) is 1. The second-order valence-electron chi connectivity index (χ2n) is 4.72. The van der Waals surface area contributed by atoms with Gasteiger partial charge in [-0.25, -0.2) is 0 Å². The second kappa shape index (κ2) is 8.08. The average Bonchev–Trinajstić information content (AvgIpc) is 2.86. The molecule has 0 spiro atoms. The van der Waals surface area contributed by atoms with Gasteiger partial charge in [-0.1, -0.05) is 12.8 Å². The zero-order chi connectivity index (χ0) is 13.4. The van der Waals surface area contributed by atoms with Crippen LogP contribution in [-0.4, -0.2) is 48.9 Å². The molecule has 0 aromatic heterocycles. The molecule has 0 unspecified atom stereocenters. The predicted octanol–water partition coefficient (Wildman–Crippen LogP) is 0.503. The maximum atomic E-state index is 12.0. The molecule has 18 heavy (non-hydrogen) atoms. The van der Waals surface area contributed by atoms with Crippen LogP contribution in [0.1, 0.15) is 39.5 Å². The van der Waals surface area contributed by atoms with Crippen LogP contribution in [0, 0.1) is 0 Å². The average molecular weight is 255 g/mol. The molecule has 2 N–H and O–H groups in total. The first-order valence-electron chi connectivity index (χ1n) is 6.95. The van der Waals surface area contributed by atoms with Crippen LogP contribution >= 0.6 is 0 Å². The smallest absolute Gasteiger partial charge is 0.239 e. The topological polar surface area (TPSA) is 61.4 Å². The van der Waals surface area contributed by atoms with E-state index < -0.39 is 0 Å². The molecule has 104 valence electrons. The van der Waals surface area contributed by atoms with E-state index in [2.05, 4.69) is 10.6 Å². The molecule has 0 atom stereocenters. The van der Waals surface area contributed by atoms with Gasteiger partial charge in [0.05, 0.1) is 13.1 Å². The van der Waals surface area contributed by atoms with Gasteiger partial charge in [0.25, 0.3) is 0 Å². The summed E-state index contributed by atoms with van der Waals surface area (Å²) in [7, 11) is 0. The van der Waals surface area contributed by atoms with Crippen LogP contribution in [0.15, 0.2) is 0 Å². The lowest BCUT2D eigenvalue weighted by Crippen LogP contribution is -2.45. The van der Waals surface area contributed by atoms with E-state index in [4.69, 9.17) is 0 Å². The highest BCUT2D eigenvalue weighted by atomic mass is 16.2. The predicted molar refractivity (Wildman–Crippen MR) is 71.2 cm³/mol. The number of rotatable bonds is 7. The Morgan fingerprint density at radius 2 is 1.89 bits per heavy atom. The summed E-state index contributed by atoms with van der Waals surface area (Å²) in [5.41, 5.74) is 0. The summed E-state index contributed by atoms with van der Waals surface area (Å²) in [5.74, 6) is -0.0794. The molecule has 1 saturated carbocycles. The summed E-state index contributed by atoms with van der Waals surface area (Å²) >= 11 is 0. The summed E-state index contributed by atoms with van der Waals surface area (Å²) in [5, 5.41) is 5.99. The number of hydrogen-bond donors (Lipinski definition) is 2. The molecule has 0 bridgehead atoms. The fourth-order valence-electron chi connectivity index (χ4n) is 2.28. The van der Waals surface area contributed by atoms with Crippen molar-refractivity contribution in [2.45, 2.75) is 45.6 Å². The molecule has 0 aromatic rings. The van der Waals surface area contributed by atoms with Crippen LogP contribution < -0.4 is 10.6 Å². The van der Waals surface area contributed by atoms with E-state index in [0.717, 1.165) is 12.8 Å².